The lowest BCUT2D eigenvalue weighted by molar-refractivity contribution is 0.768. The molecular formula is C32H29N7. The third kappa shape index (κ3) is 4.70. The van der Waals surface area contributed by atoms with Crippen molar-refractivity contribution in [1.29, 1.82) is 0 Å². The Morgan fingerprint density at radius 1 is 0.846 bits per heavy atom. The first-order valence-corrected chi connectivity index (χ1v) is 12.8. The van der Waals surface area contributed by atoms with Crippen molar-refractivity contribution >= 4 is 34.1 Å². The smallest absolute Gasteiger partial charge is 0.183 e. The summed E-state index contributed by atoms with van der Waals surface area (Å²) < 4.78 is 3.83. The van der Waals surface area contributed by atoms with Gasteiger partial charge in [-0.3, -0.25) is 4.68 Å². The molecule has 0 unspecified atom stereocenters. The van der Waals surface area contributed by atoms with Gasteiger partial charge < -0.3 is 9.47 Å². The predicted octanol–water partition coefficient (Wildman–Crippen LogP) is 6.61. The van der Waals surface area contributed by atoms with Crippen LogP contribution < -0.4 is 4.90 Å². The van der Waals surface area contributed by atoms with Gasteiger partial charge in [-0.2, -0.15) is 5.10 Å². The molecule has 0 saturated carbocycles. The highest BCUT2D eigenvalue weighted by Gasteiger charge is 2.17. The highest BCUT2D eigenvalue weighted by atomic mass is 15.2. The zero-order chi connectivity index (χ0) is 26.9. The Morgan fingerprint density at radius 3 is 2.15 bits per heavy atom. The first-order chi connectivity index (χ1) is 19.0. The molecule has 0 bridgehead atoms. The SMILES string of the molecule is Cc1cc(-c2cnn(C)c2)ccc1N(C)c1cc2c(ncn2C)c(N=C(c2ccccc2)c2ccccc2)n1. The monoisotopic (exact) mass is 511 g/mol. The Bertz CT molecular complexity index is 1760. The van der Waals surface area contributed by atoms with Crippen LogP contribution in [0.5, 0.6) is 0 Å². The molecule has 3 aromatic heterocycles. The van der Waals surface area contributed by atoms with Gasteiger partial charge >= 0.3 is 0 Å². The first-order valence-electron chi connectivity index (χ1n) is 12.8. The number of imidazole rings is 1. The van der Waals surface area contributed by atoms with Crippen molar-refractivity contribution in [2.75, 3.05) is 11.9 Å². The quantitative estimate of drug-likeness (QED) is 0.236. The number of pyridine rings is 1. The fraction of sp³-hybridized carbons (Fsp3) is 0.125. The molecule has 3 aromatic carbocycles. The summed E-state index contributed by atoms with van der Waals surface area (Å²) in [6.45, 7) is 2.12. The molecule has 0 spiro atoms. The predicted molar refractivity (Wildman–Crippen MR) is 158 cm³/mol. The molecule has 0 saturated heterocycles. The summed E-state index contributed by atoms with van der Waals surface area (Å²) in [5.41, 5.74) is 9.07. The fourth-order valence-electron chi connectivity index (χ4n) is 4.85. The Morgan fingerprint density at radius 2 is 1.54 bits per heavy atom. The molecule has 39 heavy (non-hydrogen) atoms. The van der Waals surface area contributed by atoms with E-state index in [2.05, 4.69) is 70.4 Å². The summed E-state index contributed by atoms with van der Waals surface area (Å²) in [5.74, 6) is 1.38. The number of hydrogen-bond donors (Lipinski definition) is 0. The molecule has 0 fully saturated rings. The summed E-state index contributed by atoms with van der Waals surface area (Å²) in [4.78, 5) is 17.0. The van der Waals surface area contributed by atoms with E-state index in [0.717, 1.165) is 56.1 Å². The molecule has 192 valence electrons. The normalized spacial score (nSPS) is 11.1. The molecule has 0 aliphatic rings. The van der Waals surface area contributed by atoms with Gasteiger partial charge in [-0.05, 0) is 30.2 Å². The van der Waals surface area contributed by atoms with Crippen molar-refractivity contribution in [2.24, 2.45) is 19.1 Å². The molecule has 0 aliphatic heterocycles. The molecule has 6 rings (SSSR count). The second-order valence-corrected chi connectivity index (χ2v) is 9.68. The number of hydrogen-bond acceptors (Lipinski definition) is 5. The summed E-state index contributed by atoms with van der Waals surface area (Å²) in [6, 6.07) is 28.9. The van der Waals surface area contributed by atoms with Gasteiger partial charge in [0.1, 0.15) is 11.3 Å². The summed E-state index contributed by atoms with van der Waals surface area (Å²) in [6.07, 6.45) is 5.72. The van der Waals surface area contributed by atoms with Crippen molar-refractivity contribution in [3.63, 3.8) is 0 Å². The lowest BCUT2D eigenvalue weighted by Crippen LogP contribution is -2.13. The van der Waals surface area contributed by atoms with Gasteiger partial charge in [-0.1, -0.05) is 66.7 Å². The third-order valence-electron chi connectivity index (χ3n) is 6.93. The Balaban J connectivity index is 1.47. The average Bonchev–Trinajstić information content (AvgIpc) is 3.57. The van der Waals surface area contributed by atoms with Crippen LogP contribution >= 0.6 is 0 Å². The molecule has 0 amide bonds. The van der Waals surface area contributed by atoms with Crippen LogP contribution in [0.25, 0.3) is 22.2 Å². The lowest BCUT2D eigenvalue weighted by atomic mass is 10.0. The van der Waals surface area contributed by atoms with Gasteiger partial charge in [-0.25, -0.2) is 15.0 Å². The van der Waals surface area contributed by atoms with Crippen LogP contribution in [0.4, 0.5) is 17.3 Å². The molecule has 0 radical (unpaired) electrons. The topological polar surface area (TPSA) is 64.1 Å². The number of benzene rings is 3. The largest absolute Gasteiger partial charge is 0.334 e. The van der Waals surface area contributed by atoms with Crippen molar-refractivity contribution in [3.05, 3.63) is 120 Å². The van der Waals surface area contributed by atoms with Gasteiger partial charge in [0.05, 0.1) is 23.8 Å². The molecule has 3 heterocycles. The van der Waals surface area contributed by atoms with E-state index in [9.17, 15) is 0 Å². The van der Waals surface area contributed by atoms with Gasteiger partial charge in [0, 0.05) is 55.8 Å². The molecule has 0 aliphatic carbocycles. The van der Waals surface area contributed by atoms with Gasteiger partial charge in [0.25, 0.3) is 0 Å². The van der Waals surface area contributed by atoms with Gasteiger partial charge in [-0.15, -0.1) is 0 Å². The second kappa shape index (κ2) is 10.0. The maximum atomic E-state index is 5.15. The van der Waals surface area contributed by atoms with Crippen molar-refractivity contribution in [3.8, 4) is 11.1 Å². The van der Waals surface area contributed by atoms with Crippen LogP contribution in [0.3, 0.4) is 0 Å². The van der Waals surface area contributed by atoms with Gasteiger partial charge in [0.2, 0.25) is 0 Å². The highest BCUT2D eigenvalue weighted by molar-refractivity contribution is 6.14. The number of nitrogens with zero attached hydrogens (tertiary/aromatic N) is 7. The van der Waals surface area contributed by atoms with Crippen LogP contribution in [0.2, 0.25) is 0 Å². The van der Waals surface area contributed by atoms with E-state index in [-0.39, 0.29) is 0 Å². The second-order valence-electron chi connectivity index (χ2n) is 9.68. The molecule has 6 aromatic rings. The van der Waals surface area contributed by atoms with Crippen LogP contribution in [-0.2, 0) is 14.1 Å². The van der Waals surface area contributed by atoms with E-state index in [0.29, 0.717) is 5.82 Å². The highest BCUT2D eigenvalue weighted by Crippen LogP contribution is 2.34. The fourth-order valence-corrected chi connectivity index (χ4v) is 4.85. The molecular weight excluding hydrogens is 482 g/mol. The van der Waals surface area contributed by atoms with E-state index in [1.165, 1.54) is 0 Å². The van der Waals surface area contributed by atoms with Gasteiger partial charge in [0.15, 0.2) is 5.82 Å². The number of rotatable bonds is 6. The maximum absolute atomic E-state index is 5.15. The summed E-state index contributed by atoms with van der Waals surface area (Å²) in [7, 11) is 5.97. The summed E-state index contributed by atoms with van der Waals surface area (Å²) in [5, 5.41) is 4.31. The molecule has 0 atom stereocenters. The van der Waals surface area contributed by atoms with E-state index in [1.807, 2.05) is 85.5 Å². The number of fused-ring (bicyclic) bond motifs is 1. The minimum atomic E-state index is 0.585. The lowest BCUT2D eigenvalue weighted by Gasteiger charge is -2.22. The van der Waals surface area contributed by atoms with E-state index in [4.69, 9.17) is 9.98 Å². The molecule has 7 nitrogen and oxygen atoms in total. The molecule has 7 heteroatoms. The van der Waals surface area contributed by atoms with Crippen molar-refractivity contribution in [2.45, 2.75) is 6.92 Å². The van der Waals surface area contributed by atoms with Crippen LogP contribution in [0.15, 0.2) is 109 Å². The maximum Gasteiger partial charge on any atom is 0.183 e. The van der Waals surface area contributed by atoms with Crippen molar-refractivity contribution < 1.29 is 0 Å². The van der Waals surface area contributed by atoms with E-state index >= 15 is 0 Å². The molecule has 0 N–H and O–H groups in total. The Hall–Kier alpha value is -5.04. The minimum Gasteiger partial charge on any atom is -0.334 e. The van der Waals surface area contributed by atoms with E-state index in [1.54, 1.807) is 0 Å². The Labute approximate surface area is 227 Å². The zero-order valence-electron chi connectivity index (χ0n) is 22.4. The first kappa shape index (κ1) is 24.3. The minimum absolute atomic E-state index is 0.585. The number of aryl methyl sites for hydroxylation is 3. The van der Waals surface area contributed by atoms with Crippen LogP contribution in [0.1, 0.15) is 16.7 Å². The van der Waals surface area contributed by atoms with Crippen molar-refractivity contribution in [1.82, 2.24) is 24.3 Å². The van der Waals surface area contributed by atoms with E-state index < -0.39 is 0 Å². The summed E-state index contributed by atoms with van der Waals surface area (Å²) >= 11 is 0. The number of aliphatic imine (C=N–C) groups is 1. The van der Waals surface area contributed by atoms with Crippen LogP contribution in [0, 0.1) is 6.92 Å². The average molecular weight is 512 g/mol. The van der Waals surface area contributed by atoms with Crippen LogP contribution in [-0.4, -0.2) is 37.1 Å². The number of aromatic nitrogens is 5. The zero-order valence-corrected chi connectivity index (χ0v) is 22.4. The Kier molecular flexibility index (Phi) is 6.25. The third-order valence-corrected chi connectivity index (χ3v) is 6.93. The number of anilines is 2. The standard InChI is InChI=1S/C32H29N7/c1-22-17-25(26-19-34-38(3)20-26)15-16-27(22)39(4)29-18-28-31(33-21-37(28)2)32(35-29)36-30(23-11-7-5-8-12-23)24-13-9-6-10-14-24/h5-21H,1-4H3.